The number of ether oxygens (including phenoxy) is 1. The standard InChI is InChI=1S/C15H17N3O2.2ClH/c19-15(9-11-10-20-8-7-16-11)18-14-5-1-4-13-12(14)3-2-6-17-13;;/h1-6,11,16H,7-10H2,(H,18,19);2*1H. The molecule has 1 saturated heterocycles. The van der Waals surface area contributed by atoms with Crippen molar-refractivity contribution in [3.63, 3.8) is 0 Å². The summed E-state index contributed by atoms with van der Waals surface area (Å²) in [6.07, 6.45) is 2.16. The van der Waals surface area contributed by atoms with Gasteiger partial charge >= 0.3 is 0 Å². The van der Waals surface area contributed by atoms with Crippen molar-refractivity contribution >= 4 is 47.3 Å². The summed E-state index contributed by atoms with van der Waals surface area (Å²) >= 11 is 0. The Balaban J connectivity index is 0.00000121. The summed E-state index contributed by atoms with van der Waals surface area (Å²) in [5.74, 6) is -0.00986. The minimum Gasteiger partial charge on any atom is -0.378 e. The summed E-state index contributed by atoms with van der Waals surface area (Å²) in [5.41, 5.74) is 1.68. The Morgan fingerprint density at radius 3 is 2.95 bits per heavy atom. The first-order chi connectivity index (χ1) is 9.83. The van der Waals surface area contributed by atoms with Gasteiger partial charge in [-0.2, -0.15) is 0 Å². The molecule has 0 aliphatic carbocycles. The van der Waals surface area contributed by atoms with Crippen molar-refractivity contribution in [1.82, 2.24) is 10.3 Å². The SMILES string of the molecule is Cl.Cl.O=C(CC1COCCN1)Nc1cccc2ncccc12. The number of rotatable bonds is 3. The second kappa shape index (κ2) is 8.90. The van der Waals surface area contributed by atoms with E-state index in [2.05, 4.69) is 15.6 Å². The van der Waals surface area contributed by atoms with Crippen LogP contribution in [0.2, 0.25) is 0 Å². The third-order valence-corrected chi connectivity index (χ3v) is 3.35. The van der Waals surface area contributed by atoms with Crippen LogP contribution in [-0.2, 0) is 9.53 Å². The Kier molecular flexibility index (Phi) is 7.55. The van der Waals surface area contributed by atoms with E-state index in [1.807, 2.05) is 30.3 Å². The number of carbonyl (C=O) groups is 1. The number of fused-ring (bicyclic) bond motifs is 1. The van der Waals surface area contributed by atoms with Gasteiger partial charge in [-0.1, -0.05) is 6.07 Å². The van der Waals surface area contributed by atoms with Gasteiger partial charge in [0.1, 0.15) is 0 Å². The number of pyridine rings is 1. The molecule has 1 aliphatic rings. The lowest BCUT2D eigenvalue weighted by atomic mass is 10.1. The summed E-state index contributed by atoms with van der Waals surface area (Å²) in [7, 11) is 0. The highest BCUT2D eigenvalue weighted by Crippen LogP contribution is 2.21. The lowest BCUT2D eigenvalue weighted by Gasteiger charge is -2.23. The van der Waals surface area contributed by atoms with Crippen LogP contribution in [0, 0.1) is 0 Å². The minimum atomic E-state index is -0.00986. The molecular weight excluding hydrogens is 325 g/mol. The molecule has 1 atom stereocenters. The highest BCUT2D eigenvalue weighted by atomic mass is 35.5. The van der Waals surface area contributed by atoms with E-state index in [1.165, 1.54) is 0 Å². The van der Waals surface area contributed by atoms with Crippen molar-refractivity contribution < 1.29 is 9.53 Å². The van der Waals surface area contributed by atoms with E-state index in [0.717, 1.165) is 23.1 Å². The highest BCUT2D eigenvalue weighted by molar-refractivity contribution is 6.01. The maximum Gasteiger partial charge on any atom is 0.226 e. The van der Waals surface area contributed by atoms with Gasteiger partial charge in [0, 0.05) is 30.6 Å². The predicted molar refractivity (Wildman–Crippen MR) is 92.1 cm³/mol. The zero-order chi connectivity index (χ0) is 13.8. The third kappa shape index (κ3) is 4.55. The van der Waals surface area contributed by atoms with Gasteiger partial charge in [0.25, 0.3) is 0 Å². The van der Waals surface area contributed by atoms with Crippen molar-refractivity contribution in [2.45, 2.75) is 12.5 Å². The van der Waals surface area contributed by atoms with Crippen LogP contribution in [0.4, 0.5) is 5.69 Å². The quantitative estimate of drug-likeness (QED) is 0.898. The molecule has 3 rings (SSSR count). The molecule has 22 heavy (non-hydrogen) atoms. The topological polar surface area (TPSA) is 63.2 Å². The highest BCUT2D eigenvalue weighted by Gasteiger charge is 2.17. The zero-order valence-corrected chi connectivity index (χ0v) is 13.6. The van der Waals surface area contributed by atoms with E-state index in [9.17, 15) is 4.79 Å². The molecule has 2 N–H and O–H groups in total. The first kappa shape index (κ1) is 18.6. The molecule has 0 radical (unpaired) electrons. The fourth-order valence-corrected chi connectivity index (χ4v) is 2.39. The van der Waals surface area contributed by atoms with Gasteiger partial charge in [-0.05, 0) is 24.3 Å². The molecule has 120 valence electrons. The first-order valence-electron chi connectivity index (χ1n) is 6.77. The molecule has 1 fully saturated rings. The molecule has 0 saturated carbocycles. The van der Waals surface area contributed by atoms with Crippen molar-refractivity contribution in [3.8, 4) is 0 Å². The summed E-state index contributed by atoms with van der Waals surface area (Å²) in [6.45, 7) is 2.10. The average molecular weight is 344 g/mol. The van der Waals surface area contributed by atoms with Crippen LogP contribution in [0.3, 0.4) is 0 Å². The molecule has 2 heterocycles. The zero-order valence-electron chi connectivity index (χ0n) is 12.0. The van der Waals surface area contributed by atoms with E-state index in [4.69, 9.17) is 4.74 Å². The summed E-state index contributed by atoms with van der Waals surface area (Å²) in [6, 6.07) is 9.65. The summed E-state index contributed by atoms with van der Waals surface area (Å²) < 4.78 is 5.35. The molecule has 1 aliphatic heterocycles. The molecule has 1 aromatic carbocycles. The molecule has 2 aromatic rings. The fourth-order valence-electron chi connectivity index (χ4n) is 2.39. The van der Waals surface area contributed by atoms with Crippen molar-refractivity contribution in [3.05, 3.63) is 36.5 Å². The number of carbonyl (C=O) groups excluding carboxylic acids is 1. The second-order valence-electron chi connectivity index (χ2n) is 4.85. The molecule has 5 nitrogen and oxygen atoms in total. The average Bonchev–Trinajstić information content (AvgIpc) is 2.48. The first-order valence-corrected chi connectivity index (χ1v) is 6.77. The number of halogens is 2. The largest absolute Gasteiger partial charge is 0.378 e. The van der Waals surface area contributed by atoms with Crippen LogP contribution in [-0.4, -0.2) is 36.7 Å². The number of aromatic nitrogens is 1. The van der Waals surface area contributed by atoms with Crippen LogP contribution in [0.15, 0.2) is 36.5 Å². The van der Waals surface area contributed by atoms with Gasteiger partial charge in [0.15, 0.2) is 0 Å². The normalized spacial score (nSPS) is 17.2. The van der Waals surface area contributed by atoms with E-state index < -0.39 is 0 Å². The van der Waals surface area contributed by atoms with Crippen LogP contribution >= 0.6 is 24.8 Å². The number of nitrogens with zero attached hydrogens (tertiary/aromatic N) is 1. The lowest BCUT2D eigenvalue weighted by Crippen LogP contribution is -2.43. The number of benzene rings is 1. The van der Waals surface area contributed by atoms with Gasteiger partial charge in [-0.15, -0.1) is 24.8 Å². The predicted octanol–water partition coefficient (Wildman–Crippen LogP) is 2.40. The van der Waals surface area contributed by atoms with Crippen molar-refractivity contribution in [2.75, 3.05) is 25.1 Å². The number of hydrogen-bond acceptors (Lipinski definition) is 4. The Labute approximate surface area is 141 Å². The van der Waals surface area contributed by atoms with Crippen molar-refractivity contribution in [1.29, 1.82) is 0 Å². The number of hydrogen-bond donors (Lipinski definition) is 2. The van der Waals surface area contributed by atoms with E-state index in [-0.39, 0.29) is 36.8 Å². The molecule has 1 amide bonds. The summed E-state index contributed by atoms with van der Waals surface area (Å²) in [5, 5.41) is 7.19. The maximum atomic E-state index is 12.1. The van der Waals surface area contributed by atoms with Crippen LogP contribution < -0.4 is 10.6 Å². The lowest BCUT2D eigenvalue weighted by molar-refractivity contribution is -0.117. The molecule has 1 unspecified atom stereocenters. The van der Waals surface area contributed by atoms with Gasteiger partial charge in [-0.25, -0.2) is 0 Å². The number of morpholine rings is 1. The molecule has 0 spiro atoms. The smallest absolute Gasteiger partial charge is 0.226 e. The maximum absolute atomic E-state index is 12.1. The molecule has 0 bridgehead atoms. The minimum absolute atomic E-state index is 0. The Bertz CT molecular complexity index is 613. The van der Waals surface area contributed by atoms with Crippen LogP contribution in [0.1, 0.15) is 6.42 Å². The number of nitrogens with one attached hydrogen (secondary N) is 2. The van der Waals surface area contributed by atoms with Gasteiger partial charge in [0.2, 0.25) is 5.91 Å². The fraction of sp³-hybridized carbons (Fsp3) is 0.333. The van der Waals surface area contributed by atoms with E-state index in [1.54, 1.807) is 6.20 Å². The Morgan fingerprint density at radius 2 is 2.18 bits per heavy atom. The Morgan fingerprint density at radius 1 is 1.32 bits per heavy atom. The van der Waals surface area contributed by atoms with E-state index >= 15 is 0 Å². The third-order valence-electron chi connectivity index (χ3n) is 3.35. The van der Waals surface area contributed by atoms with Crippen LogP contribution in [0.25, 0.3) is 10.9 Å². The summed E-state index contributed by atoms with van der Waals surface area (Å²) in [4.78, 5) is 16.4. The monoisotopic (exact) mass is 343 g/mol. The van der Waals surface area contributed by atoms with E-state index in [0.29, 0.717) is 19.6 Å². The molecule has 1 aromatic heterocycles. The number of amides is 1. The van der Waals surface area contributed by atoms with Gasteiger partial charge < -0.3 is 15.4 Å². The Hall–Kier alpha value is -1.40. The van der Waals surface area contributed by atoms with Gasteiger partial charge in [0.05, 0.1) is 24.4 Å². The number of anilines is 1. The van der Waals surface area contributed by atoms with Crippen LogP contribution in [0.5, 0.6) is 0 Å². The van der Waals surface area contributed by atoms with Gasteiger partial charge in [-0.3, -0.25) is 9.78 Å². The molecular formula is C15H19Cl2N3O2. The molecule has 7 heteroatoms. The van der Waals surface area contributed by atoms with Crippen molar-refractivity contribution in [2.24, 2.45) is 0 Å². The second-order valence-corrected chi connectivity index (χ2v) is 4.85.